The predicted molar refractivity (Wildman–Crippen MR) is 162 cm³/mol. The maximum Gasteiger partial charge on any atom is 0.312 e. The Kier molecular flexibility index (Phi) is 7.34. The van der Waals surface area contributed by atoms with Crippen LogP contribution >= 0.6 is 0 Å². The molecule has 4 nitrogen and oxygen atoms in total. The van der Waals surface area contributed by atoms with Crippen molar-refractivity contribution in [3.8, 4) is 0 Å². The highest BCUT2D eigenvalue weighted by Crippen LogP contribution is 2.77. The molecule has 6 rings (SSSR count). The maximum atomic E-state index is 14.2. The Morgan fingerprint density at radius 1 is 0.850 bits per heavy atom. The van der Waals surface area contributed by atoms with Gasteiger partial charge in [-0.3, -0.25) is 9.69 Å². The van der Waals surface area contributed by atoms with Gasteiger partial charge in [-0.2, -0.15) is 0 Å². The second kappa shape index (κ2) is 9.96. The number of likely N-dealkylation sites (tertiary alicyclic amines) is 1. The van der Waals surface area contributed by atoms with E-state index in [2.05, 4.69) is 53.4 Å². The van der Waals surface area contributed by atoms with Gasteiger partial charge in [0.1, 0.15) is 6.61 Å². The molecule has 5 saturated carbocycles. The van der Waals surface area contributed by atoms with E-state index in [1.54, 1.807) is 0 Å². The van der Waals surface area contributed by atoms with Crippen LogP contribution in [0.1, 0.15) is 126 Å². The molecule has 6 fully saturated rings. The lowest BCUT2D eigenvalue weighted by atomic mass is 9.32. The average molecular weight is 556 g/mol. The van der Waals surface area contributed by atoms with Gasteiger partial charge in [-0.05, 0) is 147 Å². The first-order valence-corrected chi connectivity index (χ1v) is 17.4. The van der Waals surface area contributed by atoms with Gasteiger partial charge in [0.15, 0.2) is 0 Å². The summed E-state index contributed by atoms with van der Waals surface area (Å²) in [6, 6.07) is 0. The molecule has 0 aromatic heterocycles. The van der Waals surface area contributed by atoms with E-state index in [-0.39, 0.29) is 28.3 Å². The number of carbonyl (C=O) groups excluding carboxylic acids is 1. The zero-order valence-electron chi connectivity index (χ0n) is 27.1. The van der Waals surface area contributed by atoms with Crippen LogP contribution in [-0.2, 0) is 9.53 Å². The number of esters is 1. The van der Waals surface area contributed by atoms with Gasteiger partial charge in [0, 0.05) is 6.54 Å². The van der Waals surface area contributed by atoms with Crippen molar-refractivity contribution < 1.29 is 14.6 Å². The fourth-order valence-corrected chi connectivity index (χ4v) is 13.2. The minimum atomic E-state index is -0.259. The van der Waals surface area contributed by atoms with Crippen LogP contribution in [-0.4, -0.2) is 48.3 Å². The maximum absolute atomic E-state index is 14.2. The molecule has 1 saturated heterocycles. The number of fused-ring (bicyclic) bond motifs is 7. The van der Waals surface area contributed by atoms with E-state index in [0.717, 1.165) is 38.9 Å². The summed E-state index contributed by atoms with van der Waals surface area (Å²) in [7, 11) is 0. The Labute approximate surface area is 245 Å². The number of rotatable bonds is 5. The fraction of sp³-hybridized carbons (Fsp3) is 0.972. The van der Waals surface area contributed by atoms with Gasteiger partial charge in [-0.25, -0.2) is 0 Å². The van der Waals surface area contributed by atoms with Crippen LogP contribution in [0.2, 0.25) is 0 Å². The van der Waals surface area contributed by atoms with E-state index in [1.165, 1.54) is 57.8 Å². The molecule has 6 aliphatic rings. The first kappa shape index (κ1) is 29.5. The molecular weight excluding hydrogens is 494 g/mol. The van der Waals surface area contributed by atoms with Gasteiger partial charge in [-0.15, -0.1) is 0 Å². The molecule has 1 N–H and O–H groups in total. The van der Waals surface area contributed by atoms with Crippen LogP contribution in [0, 0.1) is 62.6 Å². The van der Waals surface area contributed by atoms with Crippen LogP contribution < -0.4 is 0 Å². The summed E-state index contributed by atoms with van der Waals surface area (Å²) in [6.45, 7) is 21.3. The first-order chi connectivity index (χ1) is 18.8. The first-order valence-electron chi connectivity index (χ1n) is 17.4. The average Bonchev–Trinajstić information content (AvgIpc) is 3.56. The minimum absolute atomic E-state index is 0.000813. The van der Waals surface area contributed by atoms with Crippen molar-refractivity contribution in [1.82, 2.24) is 4.90 Å². The summed E-state index contributed by atoms with van der Waals surface area (Å²) in [5.74, 6) is 3.81. The molecule has 5 aliphatic carbocycles. The zero-order valence-corrected chi connectivity index (χ0v) is 27.1. The molecule has 0 aromatic rings. The quantitative estimate of drug-likeness (QED) is 0.353. The molecule has 1 aliphatic heterocycles. The molecule has 228 valence electrons. The van der Waals surface area contributed by atoms with Gasteiger partial charge in [0.05, 0.1) is 11.5 Å². The van der Waals surface area contributed by atoms with Crippen molar-refractivity contribution in [3.05, 3.63) is 0 Å². The summed E-state index contributed by atoms with van der Waals surface area (Å²) < 4.78 is 6.24. The van der Waals surface area contributed by atoms with E-state index in [4.69, 9.17) is 4.74 Å². The third kappa shape index (κ3) is 3.99. The van der Waals surface area contributed by atoms with Gasteiger partial charge in [-0.1, -0.05) is 48.5 Å². The Morgan fingerprint density at radius 3 is 2.27 bits per heavy atom. The lowest BCUT2D eigenvalue weighted by molar-refractivity contribution is -0.250. The van der Waals surface area contributed by atoms with Gasteiger partial charge in [0.2, 0.25) is 0 Å². The third-order valence-electron chi connectivity index (χ3n) is 15.6. The molecule has 0 radical (unpaired) electrons. The summed E-state index contributed by atoms with van der Waals surface area (Å²) in [5, 5.41) is 11.0. The van der Waals surface area contributed by atoms with E-state index in [1.807, 2.05) is 0 Å². The SMILES string of the molecule is CC(C)[C@@H]1CC[C@]2(C(=O)OCCN3CCCC3)CC[C@]3(C)[C@H](CC[C@@H]4[C@@]5(C)CC[C@H](O)C(C)(C)[C@@H]5CC[C@]43C)[C@@H]12. The molecule has 1 heterocycles. The summed E-state index contributed by atoms with van der Waals surface area (Å²) in [5.41, 5.74) is 0.618. The van der Waals surface area contributed by atoms with Gasteiger partial charge in [0.25, 0.3) is 0 Å². The van der Waals surface area contributed by atoms with Crippen molar-refractivity contribution in [2.45, 2.75) is 132 Å². The number of carbonyl (C=O) groups is 1. The van der Waals surface area contributed by atoms with Crippen molar-refractivity contribution in [2.24, 2.45) is 62.6 Å². The van der Waals surface area contributed by atoms with E-state index < -0.39 is 0 Å². The van der Waals surface area contributed by atoms with Crippen molar-refractivity contribution in [1.29, 1.82) is 0 Å². The van der Waals surface area contributed by atoms with Gasteiger partial charge < -0.3 is 9.84 Å². The van der Waals surface area contributed by atoms with Crippen LogP contribution in [0.4, 0.5) is 0 Å². The largest absolute Gasteiger partial charge is 0.464 e. The number of aliphatic hydroxyl groups is 1. The van der Waals surface area contributed by atoms with E-state index >= 15 is 0 Å². The predicted octanol–water partition coefficient (Wildman–Crippen LogP) is 7.72. The fourth-order valence-electron chi connectivity index (χ4n) is 13.2. The van der Waals surface area contributed by atoms with Crippen molar-refractivity contribution in [3.63, 3.8) is 0 Å². The summed E-state index contributed by atoms with van der Waals surface area (Å²) in [6.07, 6.45) is 14.1. The Hall–Kier alpha value is -0.610. The second-order valence-corrected chi connectivity index (χ2v) is 17.4. The van der Waals surface area contributed by atoms with Crippen LogP contribution in [0.3, 0.4) is 0 Å². The molecule has 10 atom stereocenters. The highest BCUT2D eigenvalue weighted by Gasteiger charge is 2.72. The highest BCUT2D eigenvalue weighted by atomic mass is 16.5. The number of ether oxygens (including phenoxy) is 1. The molecule has 0 aromatic carbocycles. The van der Waals surface area contributed by atoms with Crippen LogP contribution in [0.5, 0.6) is 0 Å². The van der Waals surface area contributed by atoms with E-state index in [9.17, 15) is 9.90 Å². The Morgan fingerprint density at radius 2 is 1.57 bits per heavy atom. The molecular formula is C36H61NO3. The molecule has 0 amide bonds. The lowest BCUT2D eigenvalue weighted by Gasteiger charge is -2.72. The molecule has 0 bridgehead atoms. The standard InChI is InChI=1S/C36H61NO3/c1-24(2)25-12-17-36(31(39)40-23-22-37-20-8-9-21-37)19-18-34(6)26(30(25)36)10-11-28-33(5)15-14-29(38)32(3,4)27(33)13-16-35(28,34)7/h24-30,38H,8-23H2,1-7H3/t25-,26+,27-,28+,29-,30+,33-,34+,35+,36-/m0/s1. The topological polar surface area (TPSA) is 49.8 Å². The normalized spacial score (nSPS) is 50.1. The Balaban J connectivity index is 1.29. The molecule has 40 heavy (non-hydrogen) atoms. The number of hydrogen-bond donors (Lipinski definition) is 1. The minimum Gasteiger partial charge on any atom is -0.464 e. The summed E-state index contributed by atoms with van der Waals surface area (Å²) in [4.78, 5) is 16.6. The van der Waals surface area contributed by atoms with Crippen molar-refractivity contribution >= 4 is 5.97 Å². The Bertz CT molecular complexity index is 971. The van der Waals surface area contributed by atoms with Gasteiger partial charge >= 0.3 is 5.97 Å². The molecule has 0 unspecified atom stereocenters. The third-order valence-corrected chi connectivity index (χ3v) is 15.6. The van der Waals surface area contributed by atoms with Crippen LogP contribution in [0.15, 0.2) is 0 Å². The zero-order chi connectivity index (χ0) is 28.7. The number of hydrogen-bond acceptors (Lipinski definition) is 4. The second-order valence-electron chi connectivity index (χ2n) is 17.4. The smallest absolute Gasteiger partial charge is 0.312 e. The van der Waals surface area contributed by atoms with Crippen molar-refractivity contribution in [2.75, 3.05) is 26.2 Å². The number of aliphatic hydroxyl groups excluding tert-OH is 1. The lowest BCUT2D eigenvalue weighted by Crippen LogP contribution is -2.67. The van der Waals surface area contributed by atoms with E-state index in [0.29, 0.717) is 52.9 Å². The van der Waals surface area contributed by atoms with Crippen LogP contribution in [0.25, 0.3) is 0 Å². The monoisotopic (exact) mass is 555 g/mol. The highest BCUT2D eigenvalue weighted by molar-refractivity contribution is 5.78. The summed E-state index contributed by atoms with van der Waals surface area (Å²) >= 11 is 0. The molecule has 4 heteroatoms. The molecule has 0 spiro atoms. The number of nitrogens with zero attached hydrogens (tertiary/aromatic N) is 1.